The van der Waals surface area contributed by atoms with Crippen molar-refractivity contribution < 1.29 is 14.7 Å². The van der Waals surface area contributed by atoms with E-state index in [2.05, 4.69) is 53.2 Å². The van der Waals surface area contributed by atoms with E-state index in [1.54, 1.807) is 30.3 Å². The van der Waals surface area contributed by atoms with Crippen LogP contribution in [0.1, 0.15) is 5.56 Å². The SMILES string of the molecule is O=C1NN(c2ccccc2)C(=O)/C1=C\c1c(Br)cc(Br)c(O)c1Br. The van der Waals surface area contributed by atoms with E-state index in [9.17, 15) is 14.7 Å². The lowest BCUT2D eigenvalue weighted by Crippen LogP contribution is -2.35. The van der Waals surface area contributed by atoms with Gasteiger partial charge in [0.1, 0.15) is 11.3 Å². The van der Waals surface area contributed by atoms with Gasteiger partial charge in [0.15, 0.2) is 0 Å². The highest BCUT2D eigenvalue weighted by Gasteiger charge is 2.34. The molecule has 122 valence electrons. The number of phenols is 1. The van der Waals surface area contributed by atoms with Gasteiger partial charge in [0.2, 0.25) is 0 Å². The molecule has 1 aliphatic heterocycles. The summed E-state index contributed by atoms with van der Waals surface area (Å²) in [7, 11) is 0. The van der Waals surface area contributed by atoms with E-state index in [0.717, 1.165) is 0 Å². The van der Waals surface area contributed by atoms with Crippen molar-refractivity contribution in [1.29, 1.82) is 0 Å². The fourth-order valence-corrected chi connectivity index (χ4v) is 4.54. The minimum absolute atomic E-state index is 0.0178. The predicted molar refractivity (Wildman–Crippen MR) is 101 cm³/mol. The number of carbonyl (C=O) groups excluding carboxylic acids is 2. The first-order valence-corrected chi connectivity index (χ1v) is 9.06. The number of para-hydroxylation sites is 1. The minimum atomic E-state index is -0.509. The van der Waals surface area contributed by atoms with Gasteiger partial charge in [-0.1, -0.05) is 34.1 Å². The molecule has 0 unspecified atom stereocenters. The molecule has 0 aromatic heterocycles. The number of aromatic hydroxyl groups is 1. The number of hydrazine groups is 1. The first-order chi connectivity index (χ1) is 11.4. The Bertz CT molecular complexity index is 882. The summed E-state index contributed by atoms with van der Waals surface area (Å²) in [5.74, 6) is -0.992. The zero-order chi connectivity index (χ0) is 17.4. The molecule has 1 aliphatic rings. The van der Waals surface area contributed by atoms with Gasteiger partial charge >= 0.3 is 0 Å². The number of benzene rings is 2. The number of phenolic OH excluding ortho intramolecular Hbond substituents is 1. The second-order valence-electron chi connectivity index (χ2n) is 4.89. The average molecular weight is 517 g/mol. The highest BCUT2D eigenvalue weighted by atomic mass is 79.9. The first kappa shape index (κ1) is 17.2. The standard InChI is InChI=1S/C16H9Br3N2O3/c17-11-7-12(18)14(22)13(19)9(11)6-10-15(23)20-21(16(10)24)8-4-2-1-3-5-8/h1-7,22H,(H,20,23)/b10-6-. The Morgan fingerprint density at radius 1 is 1.04 bits per heavy atom. The van der Waals surface area contributed by atoms with E-state index in [4.69, 9.17) is 0 Å². The molecule has 1 fully saturated rings. The molecule has 8 heteroatoms. The normalized spacial score (nSPS) is 16.0. The number of halogens is 3. The van der Waals surface area contributed by atoms with Gasteiger partial charge < -0.3 is 5.11 Å². The number of hydrogen-bond acceptors (Lipinski definition) is 3. The van der Waals surface area contributed by atoms with Crippen LogP contribution in [0.5, 0.6) is 5.75 Å². The molecule has 1 saturated heterocycles. The van der Waals surface area contributed by atoms with E-state index < -0.39 is 11.8 Å². The van der Waals surface area contributed by atoms with Crippen molar-refractivity contribution in [3.63, 3.8) is 0 Å². The number of carbonyl (C=O) groups is 2. The van der Waals surface area contributed by atoms with Crippen molar-refractivity contribution in [2.75, 3.05) is 5.01 Å². The summed E-state index contributed by atoms with van der Waals surface area (Å²) in [4.78, 5) is 24.8. The van der Waals surface area contributed by atoms with Crippen LogP contribution >= 0.6 is 47.8 Å². The van der Waals surface area contributed by atoms with Crippen LogP contribution in [-0.4, -0.2) is 16.9 Å². The smallest absolute Gasteiger partial charge is 0.282 e. The van der Waals surface area contributed by atoms with Crippen LogP contribution in [0.3, 0.4) is 0 Å². The van der Waals surface area contributed by atoms with Gasteiger partial charge in [-0.2, -0.15) is 0 Å². The Morgan fingerprint density at radius 3 is 2.38 bits per heavy atom. The summed E-state index contributed by atoms with van der Waals surface area (Å²) in [5.41, 5.74) is 3.56. The molecule has 2 aromatic rings. The van der Waals surface area contributed by atoms with E-state index in [-0.39, 0.29) is 11.3 Å². The van der Waals surface area contributed by atoms with E-state index in [0.29, 0.717) is 24.7 Å². The lowest BCUT2D eigenvalue weighted by Gasteiger charge is -2.14. The van der Waals surface area contributed by atoms with Crippen LogP contribution in [-0.2, 0) is 9.59 Å². The van der Waals surface area contributed by atoms with E-state index in [1.165, 1.54) is 11.1 Å². The number of amides is 2. The summed E-state index contributed by atoms with van der Waals surface area (Å²) < 4.78 is 1.47. The van der Waals surface area contributed by atoms with Crippen molar-refractivity contribution in [1.82, 2.24) is 5.43 Å². The molecule has 3 rings (SSSR count). The maximum absolute atomic E-state index is 12.6. The molecular formula is C16H9Br3N2O3. The Morgan fingerprint density at radius 2 is 1.71 bits per heavy atom. The van der Waals surface area contributed by atoms with Crippen LogP contribution in [0.2, 0.25) is 0 Å². The highest BCUT2D eigenvalue weighted by Crippen LogP contribution is 2.40. The van der Waals surface area contributed by atoms with Gasteiger partial charge in [-0.05, 0) is 56.1 Å². The molecular weight excluding hydrogens is 508 g/mol. The van der Waals surface area contributed by atoms with Gasteiger partial charge in [-0.3, -0.25) is 15.0 Å². The molecule has 0 atom stereocenters. The molecule has 0 aliphatic carbocycles. The summed E-state index contributed by atoms with van der Waals surface area (Å²) in [6, 6.07) is 10.4. The Balaban J connectivity index is 2.05. The minimum Gasteiger partial charge on any atom is -0.506 e. The van der Waals surface area contributed by atoms with Crippen molar-refractivity contribution in [2.24, 2.45) is 0 Å². The van der Waals surface area contributed by atoms with Crippen LogP contribution in [0.15, 0.2) is 55.4 Å². The second kappa shape index (κ2) is 6.70. The maximum atomic E-state index is 12.6. The highest BCUT2D eigenvalue weighted by molar-refractivity contribution is 9.11. The quantitative estimate of drug-likeness (QED) is 0.465. The van der Waals surface area contributed by atoms with Gasteiger partial charge in [-0.15, -0.1) is 0 Å². The zero-order valence-corrected chi connectivity index (χ0v) is 16.6. The van der Waals surface area contributed by atoms with Crippen molar-refractivity contribution >= 4 is 71.4 Å². The number of nitrogens with one attached hydrogen (secondary N) is 1. The van der Waals surface area contributed by atoms with E-state index >= 15 is 0 Å². The van der Waals surface area contributed by atoms with Gasteiger partial charge in [0.25, 0.3) is 11.8 Å². The summed E-state index contributed by atoms with van der Waals surface area (Å²) in [6.07, 6.45) is 1.43. The lowest BCUT2D eigenvalue weighted by atomic mass is 10.1. The largest absolute Gasteiger partial charge is 0.506 e. The third-order valence-corrected chi connectivity index (χ3v) is 5.44. The summed E-state index contributed by atoms with van der Waals surface area (Å²) in [6.45, 7) is 0. The average Bonchev–Trinajstić information content (AvgIpc) is 2.85. The van der Waals surface area contributed by atoms with E-state index in [1.807, 2.05) is 6.07 Å². The van der Waals surface area contributed by atoms with Crippen molar-refractivity contribution in [3.05, 3.63) is 61.0 Å². The summed E-state index contributed by atoms with van der Waals surface area (Å²) >= 11 is 9.87. The van der Waals surface area contributed by atoms with Crippen LogP contribution < -0.4 is 10.4 Å². The van der Waals surface area contributed by atoms with Gasteiger partial charge in [0, 0.05) is 10.0 Å². The molecule has 0 spiro atoms. The van der Waals surface area contributed by atoms with Crippen LogP contribution in [0, 0.1) is 0 Å². The molecule has 2 amide bonds. The third kappa shape index (κ3) is 3.01. The molecule has 2 aromatic carbocycles. The number of rotatable bonds is 2. The van der Waals surface area contributed by atoms with Gasteiger partial charge in [0.05, 0.1) is 14.6 Å². The fourth-order valence-electron chi connectivity index (χ4n) is 2.19. The van der Waals surface area contributed by atoms with Gasteiger partial charge in [-0.25, -0.2) is 5.01 Å². The Labute approximate surface area is 162 Å². The molecule has 0 bridgehead atoms. The Kier molecular flexibility index (Phi) is 4.80. The third-order valence-electron chi connectivity index (χ3n) is 3.38. The second-order valence-corrected chi connectivity index (χ2v) is 7.39. The van der Waals surface area contributed by atoms with Crippen LogP contribution in [0.4, 0.5) is 5.69 Å². The topological polar surface area (TPSA) is 69.6 Å². The number of nitrogens with zero attached hydrogens (tertiary/aromatic N) is 1. The van der Waals surface area contributed by atoms with Crippen molar-refractivity contribution in [2.45, 2.75) is 0 Å². The molecule has 1 heterocycles. The monoisotopic (exact) mass is 514 g/mol. The molecule has 2 N–H and O–H groups in total. The number of anilines is 1. The lowest BCUT2D eigenvalue weighted by molar-refractivity contribution is -0.117. The predicted octanol–water partition coefficient (Wildman–Crippen LogP) is 4.14. The zero-order valence-electron chi connectivity index (χ0n) is 11.9. The molecule has 24 heavy (non-hydrogen) atoms. The fraction of sp³-hybridized carbons (Fsp3) is 0. The molecule has 0 radical (unpaired) electrons. The van der Waals surface area contributed by atoms with Crippen LogP contribution in [0.25, 0.3) is 6.08 Å². The molecule has 0 saturated carbocycles. The Hall–Kier alpha value is -1.64. The maximum Gasteiger partial charge on any atom is 0.282 e. The summed E-state index contributed by atoms with van der Waals surface area (Å²) in [5, 5.41) is 11.2. The first-order valence-electron chi connectivity index (χ1n) is 6.69. The molecule has 5 nitrogen and oxygen atoms in total. The number of hydrogen-bond donors (Lipinski definition) is 2. The van der Waals surface area contributed by atoms with Crippen molar-refractivity contribution in [3.8, 4) is 5.75 Å².